The highest BCUT2D eigenvalue weighted by atomic mass is 19.1. The highest BCUT2D eigenvalue weighted by molar-refractivity contribution is 6.16. The number of hydrogen-bond acceptors (Lipinski definition) is 5. The molecule has 1 aromatic rings. The number of amides is 1. The van der Waals surface area contributed by atoms with E-state index in [1.54, 1.807) is 25.5 Å². The minimum Gasteiger partial charge on any atom is -0.390 e. The first-order chi connectivity index (χ1) is 18.2. The van der Waals surface area contributed by atoms with E-state index < -0.39 is 47.7 Å². The number of nitrogens with one attached hydrogen (secondary N) is 1. The summed E-state index contributed by atoms with van der Waals surface area (Å²) in [6.07, 6.45) is 10.8. The molecule has 0 bridgehead atoms. The number of halogens is 1. The fraction of sp³-hybridized carbons (Fsp3) is 0.517. The van der Waals surface area contributed by atoms with E-state index in [1.165, 1.54) is 11.6 Å². The predicted octanol–water partition coefficient (Wildman–Crippen LogP) is 2.72. The van der Waals surface area contributed by atoms with E-state index in [2.05, 4.69) is 37.1 Å². The van der Waals surface area contributed by atoms with E-state index in [1.807, 2.05) is 35.9 Å². The molecule has 1 heterocycles. The molecule has 4 N–H and O–H groups in total. The topological polar surface area (TPSA) is 108 Å². The number of carbonyl (C=O) groups is 1. The highest BCUT2D eigenvalue weighted by Crippen LogP contribution is 2.47. The van der Waals surface area contributed by atoms with Crippen LogP contribution in [0, 0.1) is 5.41 Å². The van der Waals surface area contributed by atoms with Crippen molar-refractivity contribution in [2.45, 2.75) is 89.2 Å². The second kappa shape index (κ2) is 12.2. The van der Waals surface area contributed by atoms with Gasteiger partial charge in [-0.25, -0.2) is 9.37 Å². The number of nitrogens with zero attached hydrogens (tertiary/aromatic N) is 2. The van der Waals surface area contributed by atoms with Crippen LogP contribution in [0.2, 0.25) is 5.82 Å². The number of allylic oxidation sites excluding steroid dienone is 9. The highest BCUT2D eigenvalue weighted by Gasteiger charge is 2.47. The maximum Gasteiger partial charge on any atom is 0.244 e. The Bertz CT molecular complexity index is 1180. The first kappa shape index (κ1) is 30.9. The zero-order valence-electron chi connectivity index (χ0n) is 23.3. The summed E-state index contributed by atoms with van der Waals surface area (Å²) in [7, 11) is 12.6. The molecular formula is C29H38B2FN3O4. The third-order valence-electron chi connectivity index (χ3n) is 7.96. The Hall–Kier alpha value is -2.68. The number of aliphatic hydroxyl groups excluding tert-OH is 3. The number of carbonyl (C=O) groups excluding carboxylic acids is 1. The monoisotopic (exact) mass is 533 g/mol. The fourth-order valence-corrected chi connectivity index (χ4v) is 5.25. The van der Waals surface area contributed by atoms with Gasteiger partial charge in [0.1, 0.15) is 20.1 Å². The van der Waals surface area contributed by atoms with Crippen LogP contribution in [0.3, 0.4) is 0 Å². The van der Waals surface area contributed by atoms with Gasteiger partial charge in [-0.1, -0.05) is 55.4 Å². The van der Waals surface area contributed by atoms with Crippen LogP contribution in [0.4, 0.5) is 4.39 Å². The summed E-state index contributed by atoms with van der Waals surface area (Å²) in [6, 6.07) is -1.20. The van der Waals surface area contributed by atoms with Gasteiger partial charge in [-0.05, 0) is 56.0 Å². The lowest BCUT2D eigenvalue weighted by Crippen LogP contribution is -2.62. The molecule has 1 fully saturated rings. The molecule has 1 aromatic heterocycles. The number of aliphatic hydroxyl groups is 3. The molecule has 2 aliphatic carbocycles. The molecule has 0 saturated heterocycles. The number of aromatic nitrogens is 2. The Morgan fingerprint density at radius 1 is 1.15 bits per heavy atom. The minimum atomic E-state index is -2.09. The van der Waals surface area contributed by atoms with Crippen molar-refractivity contribution < 1.29 is 24.5 Å². The van der Waals surface area contributed by atoms with Crippen molar-refractivity contribution >= 4 is 21.6 Å². The molecule has 7 nitrogen and oxygen atoms in total. The maximum absolute atomic E-state index is 13.8. The second-order valence-corrected chi connectivity index (χ2v) is 11.3. The van der Waals surface area contributed by atoms with E-state index in [9.17, 15) is 24.5 Å². The lowest BCUT2D eigenvalue weighted by atomic mass is 9.58. The van der Waals surface area contributed by atoms with Gasteiger partial charge in [0.05, 0.1) is 26.3 Å². The summed E-state index contributed by atoms with van der Waals surface area (Å²) >= 11 is 0. The lowest BCUT2D eigenvalue weighted by Gasteiger charge is -2.45. The van der Waals surface area contributed by atoms with Crippen LogP contribution >= 0.6 is 0 Å². The van der Waals surface area contributed by atoms with E-state index in [-0.39, 0.29) is 5.41 Å². The Morgan fingerprint density at radius 2 is 1.85 bits per heavy atom. The second-order valence-electron chi connectivity index (χ2n) is 11.3. The van der Waals surface area contributed by atoms with Crippen molar-refractivity contribution in [2.24, 2.45) is 5.41 Å². The molecule has 7 atom stereocenters. The third kappa shape index (κ3) is 6.73. The molecule has 1 saturated carbocycles. The summed E-state index contributed by atoms with van der Waals surface area (Å²) in [5, 5.41) is 32.1. The van der Waals surface area contributed by atoms with E-state index >= 15 is 0 Å². The van der Waals surface area contributed by atoms with Gasteiger partial charge in [0.15, 0.2) is 6.17 Å². The quantitative estimate of drug-likeness (QED) is 0.245. The summed E-state index contributed by atoms with van der Waals surface area (Å²) < 4.78 is 15.8. The molecule has 0 aromatic carbocycles. The molecule has 0 spiro atoms. The van der Waals surface area contributed by atoms with Crippen molar-refractivity contribution in [3.05, 3.63) is 77.5 Å². The summed E-state index contributed by atoms with van der Waals surface area (Å²) in [4.78, 5) is 16.6. The van der Waals surface area contributed by atoms with Crippen molar-refractivity contribution in [3.63, 3.8) is 0 Å². The van der Waals surface area contributed by atoms with Gasteiger partial charge in [0.2, 0.25) is 5.91 Å². The molecule has 7 unspecified atom stereocenters. The van der Waals surface area contributed by atoms with Gasteiger partial charge in [-0.15, -0.1) is 0 Å². The Kier molecular flexibility index (Phi) is 9.68. The summed E-state index contributed by atoms with van der Waals surface area (Å²) in [6.45, 7) is 10.2. The van der Waals surface area contributed by atoms with Gasteiger partial charge in [-0.3, -0.25) is 4.79 Å². The Morgan fingerprint density at radius 3 is 2.49 bits per heavy atom. The van der Waals surface area contributed by atoms with Crippen molar-refractivity contribution in [1.82, 2.24) is 14.9 Å². The average molecular weight is 533 g/mol. The van der Waals surface area contributed by atoms with Crippen LogP contribution in [0.5, 0.6) is 0 Å². The van der Waals surface area contributed by atoms with Crippen LogP contribution in [0.25, 0.3) is 0 Å². The minimum absolute atomic E-state index is 0.0293. The molecule has 10 heteroatoms. The van der Waals surface area contributed by atoms with E-state index in [4.69, 9.17) is 15.7 Å². The number of hydrogen-bond donors (Lipinski definition) is 4. The molecular weight excluding hydrogens is 495 g/mol. The Labute approximate surface area is 233 Å². The van der Waals surface area contributed by atoms with Crippen LogP contribution < -0.4 is 5.32 Å². The third-order valence-corrected chi connectivity index (χ3v) is 7.96. The summed E-state index contributed by atoms with van der Waals surface area (Å²) in [5.74, 6) is -1.85. The van der Waals surface area contributed by atoms with Gasteiger partial charge in [0, 0.05) is 23.9 Å². The van der Waals surface area contributed by atoms with Gasteiger partial charge in [-0.2, -0.15) is 0 Å². The van der Waals surface area contributed by atoms with E-state index in [0.29, 0.717) is 5.57 Å². The van der Waals surface area contributed by atoms with Crippen molar-refractivity contribution in [2.75, 3.05) is 0 Å². The largest absolute Gasteiger partial charge is 0.390 e. The van der Waals surface area contributed by atoms with Crippen LogP contribution in [-0.2, 0) is 10.2 Å². The van der Waals surface area contributed by atoms with Crippen LogP contribution in [-0.4, -0.2) is 77.0 Å². The number of alkyl halides is 1. The first-order valence-electron chi connectivity index (χ1n) is 13.1. The average Bonchev–Trinajstić information content (AvgIpc) is 3.42. The number of imidazole rings is 1. The fourth-order valence-electron chi connectivity index (χ4n) is 5.25. The molecule has 39 heavy (non-hydrogen) atoms. The van der Waals surface area contributed by atoms with Gasteiger partial charge >= 0.3 is 0 Å². The molecule has 2 aliphatic rings. The van der Waals surface area contributed by atoms with Crippen molar-refractivity contribution in [1.29, 1.82) is 0 Å². The summed E-state index contributed by atoms with van der Waals surface area (Å²) in [5.41, 5.74) is 3.25. The Balaban J connectivity index is 1.68. The molecule has 0 aliphatic heterocycles. The zero-order valence-corrected chi connectivity index (χ0v) is 23.3. The molecule has 4 radical (unpaired) electrons. The molecule has 1 amide bonds. The maximum atomic E-state index is 13.8. The molecule has 3 rings (SSSR count). The molecule has 206 valence electrons. The number of rotatable bonds is 7. The zero-order chi connectivity index (χ0) is 29.1. The SMILES string of the molecule is [B]C1C(O)C(F)C(O)C(O)C1NC(=O)/C=C(C)/C=C/C=C(C)/C=C/C1=C(C)C([B])(n2ccnc2)CCC1(C)C. The van der Waals surface area contributed by atoms with Gasteiger partial charge in [0.25, 0.3) is 0 Å². The van der Waals surface area contributed by atoms with E-state index in [0.717, 1.165) is 24.0 Å². The smallest absolute Gasteiger partial charge is 0.244 e. The predicted molar refractivity (Wildman–Crippen MR) is 152 cm³/mol. The first-order valence-corrected chi connectivity index (χ1v) is 13.1. The van der Waals surface area contributed by atoms with Gasteiger partial charge < -0.3 is 25.2 Å². The normalized spacial score (nSPS) is 34.2. The van der Waals surface area contributed by atoms with Crippen LogP contribution in [0.15, 0.2) is 77.5 Å². The standard InChI is InChI=1S/C29H38B2FN3O4/c1-17(9-10-20-19(3)29(31,12-11-28(20,4)5)35-14-13-33-16-35)7-6-8-18(2)15-21(36)34-24-22(30)25(37)23(32)26(38)27(24)39/h6-10,13-16,22-27,37-39H,11-12H2,1-5H3,(H,34,36)/b8-6+,10-9+,17-7+,18-15+. The van der Waals surface area contributed by atoms with Crippen LogP contribution in [0.1, 0.15) is 47.5 Å². The lowest BCUT2D eigenvalue weighted by molar-refractivity contribution is -0.131. The van der Waals surface area contributed by atoms with Crippen molar-refractivity contribution in [3.8, 4) is 0 Å².